The predicted molar refractivity (Wildman–Crippen MR) is 95.1 cm³/mol. The molecule has 0 bridgehead atoms. The Hall–Kier alpha value is -2.41. The molecule has 1 aromatic rings. The van der Waals surface area contributed by atoms with Gasteiger partial charge in [0.2, 0.25) is 11.8 Å². The Morgan fingerprint density at radius 3 is 2.32 bits per heavy atom. The van der Waals surface area contributed by atoms with Crippen molar-refractivity contribution in [3.63, 3.8) is 0 Å². The van der Waals surface area contributed by atoms with Crippen molar-refractivity contribution in [2.45, 2.75) is 19.3 Å². The van der Waals surface area contributed by atoms with Crippen molar-refractivity contribution in [1.82, 2.24) is 20.4 Å². The van der Waals surface area contributed by atoms with E-state index in [2.05, 4.69) is 17.6 Å². The van der Waals surface area contributed by atoms with E-state index >= 15 is 0 Å². The van der Waals surface area contributed by atoms with Gasteiger partial charge < -0.3 is 10.2 Å². The van der Waals surface area contributed by atoms with Gasteiger partial charge in [-0.2, -0.15) is 0 Å². The zero-order valence-corrected chi connectivity index (χ0v) is 14.8. The van der Waals surface area contributed by atoms with Crippen molar-refractivity contribution >= 4 is 17.8 Å². The van der Waals surface area contributed by atoms with Crippen LogP contribution in [0.1, 0.15) is 24.8 Å². The maximum absolute atomic E-state index is 12.5. The van der Waals surface area contributed by atoms with E-state index in [-0.39, 0.29) is 24.3 Å². The van der Waals surface area contributed by atoms with Gasteiger partial charge >= 0.3 is 6.03 Å². The summed E-state index contributed by atoms with van der Waals surface area (Å²) in [5.41, 5.74) is 1.17. The van der Waals surface area contributed by atoms with Gasteiger partial charge in [0.05, 0.1) is 6.54 Å². The average Bonchev–Trinajstić information content (AvgIpc) is 2.62. The van der Waals surface area contributed by atoms with Gasteiger partial charge in [-0.3, -0.25) is 19.8 Å². The molecule has 0 saturated carbocycles. The lowest BCUT2D eigenvalue weighted by Gasteiger charge is -2.34. The van der Waals surface area contributed by atoms with Crippen LogP contribution in [0.2, 0.25) is 0 Å². The van der Waals surface area contributed by atoms with E-state index in [1.54, 1.807) is 0 Å². The fraction of sp³-hybridized carbons (Fsp3) is 0.500. The van der Waals surface area contributed by atoms with Crippen LogP contribution in [-0.2, 0) is 9.59 Å². The number of benzene rings is 1. The van der Waals surface area contributed by atoms with E-state index in [1.165, 1.54) is 12.6 Å². The topological polar surface area (TPSA) is 81.8 Å². The molecular weight excluding hydrogens is 320 g/mol. The smallest absolute Gasteiger partial charge is 0.321 e. The molecule has 7 nitrogen and oxygen atoms in total. The second kappa shape index (κ2) is 9.17. The normalized spacial score (nSPS) is 16.2. The third-order valence-electron chi connectivity index (χ3n) is 4.42. The lowest BCUT2D eigenvalue weighted by atomic mass is 9.97. The molecule has 2 rings (SSSR count). The van der Waals surface area contributed by atoms with E-state index in [9.17, 15) is 14.4 Å². The van der Waals surface area contributed by atoms with Crippen molar-refractivity contribution in [2.75, 3.05) is 39.8 Å². The van der Waals surface area contributed by atoms with Gasteiger partial charge in [0.15, 0.2) is 0 Å². The van der Waals surface area contributed by atoms with Gasteiger partial charge in [-0.05, 0) is 11.5 Å². The second-order valence-electron chi connectivity index (χ2n) is 6.30. The maximum Gasteiger partial charge on any atom is 0.321 e. The van der Waals surface area contributed by atoms with Gasteiger partial charge in [0.1, 0.15) is 0 Å². The molecule has 136 valence electrons. The molecule has 1 heterocycles. The summed E-state index contributed by atoms with van der Waals surface area (Å²) in [6, 6.07) is 9.52. The van der Waals surface area contributed by atoms with Crippen molar-refractivity contribution in [2.24, 2.45) is 0 Å². The van der Waals surface area contributed by atoms with E-state index in [4.69, 9.17) is 0 Å². The number of carbonyl (C=O) groups is 3. The fourth-order valence-corrected chi connectivity index (χ4v) is 2.88. The highest BCUT2D eigenvalue weighted by molar-refractivity contribution is 5.95. The minimum absolute atomic E-state index is 0.144. The molecule has 1 saturated heterocycles. The van der Waals surface area contributed by atoms with Crippen LogP contribution in [-0.4, -0.2) is 67.4 Å². The summed E-state index contributed by atoms with van der Waals surface area (Å²) in [7, 11) is 1.46. The summed E-state index contributed by atoms with van der Waals surface area (Å²) in [4.78, 5) is 39.1. The van der Waals surface area contributed by atoms with Crippen molar-refractivity contribution in [3.05, 3.63) is 35.9 Å². The molecular formula is C18H26N4O3. The van der Waals surface area contributed by atoms with Gasteiger partial charge in [0.25, 0.3) is 0 Å². The van der Waals surface area contributed by atoms with Crippen LogP contribution < -0.4 is 10.6 Å². The lowest BCUT2D eigenvalue weighted by Crippen LogP contribution is -2.52. The van der Waals surface area contributed by atoms with Gasteiger partial charge in [-0.25, -0.2) is 4.79 Å². The number of hydrogen-bond donors (Lipinski definition) is 2. The van der Waals surface area contributed by atoms with Crippen LogP contribution >= 0.6 is 0 Å². The van der Waals surface area contributed by atoms with Gasteiger partial charge in [-0.15, -0.1) is 0 Å². The Bertz CT molecular complexity index is 598. The highest BCUT2D eigenvalue weighted by atomic mass is 16.2. The van der Waals surface area contributed by atoms with E-state index in [1.807, 2.05) is 40.1 Å². The first kappa shape index (κ1) is 18.9. The molecule has 1 aliphatic rings. The van der Waals surface area contributed by atoms with Crippen LogP contribution in [0.3, 0.4) is 0 Å². The molecule has 0 unspecified atom stereocenters. The Balaban J connectivity index is 1.75. The summed E-state index contributed by atoms with van der Waals surface area (Å²) in [6.45, 7) is 4.70. The lowest BCUT2D eigenvalue weighted by molar-refractivity contribution is -0.133. The van der Waals surface area contributed by atoms with Crippen molar-refractivity contribution < 1.29 is 14.4 Å². The summed E-state index contributed by atoms with van der Waals surface area (Å²) >= 11 is 0. The highest BCUT2D eigenvalue weighted by Gasteiger charge is 2.24. The molecule has 25 heavy (non-hydrogen) atoms. The van der Waals surface area contributed by atoms with Crippen LogP contribution in [0.5, 0.6) is 0 Å². The predicted octanol–water partition coefficient (Wildman–Crippen LogP) is 0.780. The monoisotopic (exact) mass is 346 g/mol. The number of imide groups is 1. The number of urea groups is 1. The molecule has 0 aromatic heterocycles. The summed E-state index contributed by atoms with van der Waals surface area (Å²) in [5.74, 6) is -0.00675. The fourth-order valence-electron chi connectivity index (χ4n) is 2.88. The molecule has 1 aromatic carbocycles. The molecule has 1 aliphatic heterocycles. The Kier molecular flexibility index (Phi) is 6.94. The molecule has 0 aliphatic carbocycles. The van der Waals surface area contributed by atoms with Gasteiger partial charge in [-0.1, -0.05) is 37.3 Å². The molecule has 0 spiro atoms. The number of carbonyl (C=O) groups excluding carboxylic acids is 3. The first-order valence-corrected chi connectivity index (χ1v) is 8.56. The largest absolute Gasteiger partial charge is 0.341 e. The van der Waals surface area contributed by atoms with Gasteiger partial charge in [0, 0.05) is 39.6 Å². The zero-order chi connectivity index (χ0) is 18.2. The maximum atomic E-state index is 12.5. The summed E-state index contributed by atoms with van der Waals surface area (Å²) in [5, 5.41) is 4.59. The van der Waals surface area contributed by atoms with Crippen LogP contribution in [0, 0.1) is 0 Å². The molecule has 0 radical (unpaired) electrons. The quantitative estimate of drug-likeness (QED) is 0.825. The summed E-state index contributed by atoms with van der Waals surface area (Å²) < 4.78 is 0. The van der Waals surface area contributed by atoms with E-state index < -0.39 is 6.03 Å². The first-order valence-electron chi connectivity index (χ1n) is 8.56. The summed E-state index contributed by atoms with van der Waals surface area (Å²) in [6.07, 6.45) is 0.487. The number of rotatable bonds is 5. The number of amides is 4. The number of nitrogens with one attached hydrogen (secondary N) is 2. The minimum atomic E-state index is -0.506. The SMILES string of the molecule is CNC(=O)NC(=O)CN1CCN(C(=O)C[C@H](C)c2ccccc2)CC1. The molecule has 1 fully saturated rings. The number of piperazine rings is 1. The zero-order valence-electron chi connectivity index (χ0n) is 14.8. The molecule has 4 amide bonds. The Labute approximate surface area is 148 Å². The molecule has 1 atom stereocenters. The minimum Gasteiger partial charge on any atom is -0.341 e. The average molecular weight is 346 g/mol. The van der Waals surface area contributed by atoms with Crippen molar-refractivity contribution in [1.29, 1.82) is 0 Å². The van der Waals surface area contributed by atoms with E-state index in [0.29, 0.717) is 32.6 Å². The second-order valence-corrected chi connectivity index (χ2v) is 6.30. The highest BCUT2D eigenvalue weighted by Crippen LogP contribution is 2.20. The molecule has 2 N–H and O–H groups in total. The molecule has 7 heteroatoms. The standard InChI is InChI=1S/C18H26N4O3/c1-14(15-6-4-3-5-7-15)12-17(24)22-10-8-21(9-11-22)13-16(23)20-18(25)19-2/h3-7,14H,8-13H2,1-2H3,(H2,19,20,23,25)/t14-/m0/s1. The third kappa shape index (κ3) is 5.86. The Morgan fingerprint density at radius 2 is 1.72 bits per heavy atom. The van der Waals surface area contributed by atoms with Crippen LogP contribution in [0.4, 0.5) is 4.79 Å². The first-order chi connectivity index (χ1) is 12.0. The third-order valence-corrected chi connectivity index (χ3v) is 4.42. The van der Waals surface area contributed by atoms with Crippen molar-refractivity contribution in [3.8, 4) is 0 Å². The number of hydrogen-bond acceptors (Lipinski definition) is 4. The Morgan fingerprint density at radius 1 is 1.08 bits per heavy atom. The van der Waals surface area contributed by atoms with Crippen LogP contribution in [0.25, 0.3) is 0 Å². The van der Waals surface area contributed by atoms with Crippen LogP contribution in [0.15, 0.2) is 30.3 Å². The number of nitrogens with zero attached hydrogens (tertiary/aromatic N) is 2. The van der Waals surface area contributed by atoms with E-state index in [0.717, 1.165) is 0 Å².